The first-order chi connectivity index (χ1) is 7.19. The molecule has 0 unspecified atom stereocenters. The maximum Gasteiger partial charge on any atom is 0.237 e. The van der Waals surface area contributed by atoms with Crippen molar-refractivity contribution >= 4 is 30.1 Å². The molecule has 0 aromatic rings. The van der Waals surface area contributed by atoms with E-state index in [9.17, 15) is 4.79 Å². The minimum atomic E-state index is 0.0999. The molecule has 0 aromatic heterocycles. The first-order valence-corrected chi connectivity index (χ1v) is 6.80. The summed E-state index contributed by atoms with van der Waals surface area (Å²) in [5, 5.41) is 0. The third-order valence-electron chi connectivity index (χ3n) is 3.97. The van der Waals surface area contributed by atoms with Crippen LogP contribution in [0, 0.1) is 11.3 Å². The highest BCUT2D eigenvalue weighted by Crippen LogP contribution is 2.48. The lowest BCUT2D eigenvalue weighted by molar-refractivity contribution is -0.127. The molecule has 0 bridgehead atoms. The first-order valence-electron chi connectivity index (χ1n) is 5.64. The lowest BCUT2D eigenvalue weighted by atomic mass is 9.85. The normalized spacial score (nSPS) is 35.3. The molecular weight excluding hydrogens is 230 g/mol. The fourth-order valence-electron chi connectivity index (χ4n) is 3.09. The van der Waals surface area contributed by atoms with Crippen molar-refractivity contribution in [3.8, 4) is 0 Å². The van der Waals surface area contributed by atoms with Gasteiger partial charge in [-0.2, -0.15) is 12.6 Å². The summed E-state index contributed by atoms with van der Waals surface area (Å²) < 4.78 is 0. The molecule has 2 rings (SSSR count). The second-order valence-electron chi connectivity index (χ2n) is 4.99. The number of nitrogens with zero attached hydrogens (tertiary/aromatic N) is 1. The van der Waals surface area contributed by atoms with Crippen molar-refractivity contribution in [3.05, 3.63) is 0 Å². The summed E-state index contributed by atoms with van der Waals surface area (Å²) in [6.45, 7) is 1.84. The molecular formula is C11H18ClNOS. The van der Waals surface area contributed by atoms with Crippen molar-refractivity contribution < 1.29 is 4.79 Å². The number of hydrogen-bond acceptors (Lipinski definition) is 2. The number of rotatable bonds is 2. The summed E-state index contributed by atoms with van der Waals surface area (Å²) in [7, 11) is 0. The predicted molar refractivity (Wildman–Crippen MR) is 65.5 cm³/mol. The van der Waals surface area contributed by atoms with E-state index in [0.29, 0.717) is 5.41 Å². The molecule has 4 heteroatoms. The molecule has 2 aliphatic rings. The van der Waals surface area contributed by atoms with Gasteiger partial charge >= 0.3 is 0 Å². The van der Waals surface area contributed by atoms with Crippen LogP contribution in [0.15, 0.2) is 0 Å². The Morgan fingerprint density at radius 1 is 1.53 bits per heavy atom. The Morgan fingerprint density at radius 3 is 2.93 bits per heavy atom. The monoisotopic (exact) mass is 247 g/mol. The summed E-state index contributed by atoms with van der Waals surface area (Å²) in [4.78, 5) is 13.4. The summed E-state index contributed by atoms with van der Waals surface area (Å²) in [6, 6.07) is 0. The smallest absolute Gasteiger partial charge is 0.237 e. The fourth-order valence-corrected chi connectivity index (χ4v) is 3.57. The third-order valence-corrected chi connectivity index (χ3v) is 4.71. The van der Waals surface area contributed by atoms with E-state index in [4.69, 9.17) is 11.6 Å². The first kappa shape index (κ1) is 11.6. The van der Waals surface area contributed by atoms with Crippen LogP contribution >= 0.6 is 24.2 Å². The summed E-state index contributed by atoms with van der Waals surface area (Å²) in [6.07, 6.45) is 4.97. The molecule has 2 nitrogen and oxygen atoms in total. The molecule has 2 fully saturated rings. The van der Waals surface area contributed by atoms with Gasteiger partial charge in [-0.25, -0.2) is 0 Å². The molecule has 1 saturated carbocycles. The average Bonchev–Trinajstić information content (AvgIpc) is 2.86. The highest BCUT2D eigenvalue weighted by molar-refractivity contribution is 7.80. The fraction of sp³-hybridized carbons (Fsp3) is 0.909. The SMILES string of the molecule is O=C(CCl)N1CC[C@@]2(CC[C@H](CS)C2)C1. The Bertz CT molecular complexity index is 261. The Morgan fingerprint density at radius 2 is 2.33 bits per heavy atom. The zero-order chi connectivity index (χ0) is 10.9. The molecule has 86 valence electrons. The van der Waals surface area contributed by atoms with Crippen LogP contribution in [0.3, 0.4) is 0 Å². The molecule has 1 aliphatic heterocycles. The number of hydrogen-bond donors (Lipinski definition) is 1. The lowest BCUT2D eigenvalue weighted by Crippen LogP contribution is -2.32. The number of likely N-dealkylation sites (tertiary alicyclic amines) is 1. The van der Waals surface area contributed by atoms with Gasteiger partial charge in [0.05, 0.1) is 0 Å². The lowest BCUT2D eigenvalue weighted by Gasteiger charge is -2.23. The van der Waals surface area contributed by atoms with Crippen LogP contribution in [-0.4, -0.2) is 35.5 Å². The van der Waals surface area contributed by atoms with Crippen LogP contribution in [0.2, 0.25) is 0 Å². The summed E-state index contributed by atoms with van der Waals surface area (Å²) >= 11 is 9.95. The van der Waals surface area contributed by atoms with Gasteiger partial charge in [-0.1, -0.05) is 0 Å². The van der Waals surface area contributed by atoms with E-state index < -0.39 is 0 Å². The van der Waals surface area contributed by atoms with Crippen LogP contribution < -0.4 is 0 Å². The number of alkyl halides is 1. The molecule has 2 atom stereocenters. The van der Waals surface area contributed by atoms with Gasteiger partial charge in [0.1, 0.15) is 5.88 Å². The zero-order valence-electron chi connectivity index (χ0n) is 8.91. The number of thiol groups is 1. The maximum absolute atomic E-state index is 11.5. The van der Waals surface area contributed by atoms with Crippen molar-refractivity contribution in [1.82, 2.24) is 4.90 Å². The van der Waals surface area contributed by atoms with E-state index in [1.165, 1.54) is 25.7 Å². The quantitative estimate of drug-likeness (QED) is 0.586. The molecule has 0 radical (unpaired) electrons. The molecule has 1 aliphatic carbocycles. The van der Waals surface area contributed by atoms with Gasteiger partial charge < -0.3 is 4.90 Å². The molecule has 1 spiro atoms. The van der Waals surface area contributed by atoms with Crippen molar-refractivity contribution in [2.24, 2.45) is 11.3 Å². The summed E-state index contributed by atoms with van der Waals surface area (Å²) in [5.74, 6) is 1.99. The predicted octanol–water partition coefficient (Wildman–Crippen LogP) is 2.17. The van der Waals surface area contributed by atoms with E-state index in [-0.39, 0.29) is 11.8 Å². The molecule has 1 amide bonds. The zero-order valence-corrected chi connectivity index (χ0v) is 10.6. The van der Waals surface area contributed by atoms with Crippen LogP contribution in [0.5, 0.6) is 0 Å². The highest BCUT2D eigenvalue weighted by atomic mass is 35.5. The Hall–Kier alpha value is 0.110. The number of carbonyl (C=O) groups is 1. The van der Waals surface area contributed by atoms with Gasteiger partial charge in [0.25, 0.3) is 0 Å². The molecule has 1 saturated heterocycles. The van der Waals surface area contributed by atoms with Gasteiger partial charge in [0.2, 0.25) is 5.91 Å². The van der Waals surface area contributed by atoms with E-state index in [2.05, 4.69) is 12.6 Å². The van der Waals surface area contributed by atoms with Gasteiger partial charge in [0, 0.05) is 13.1 Å². The van der Waals surface area contributed by atoms with E-state index in [1.54, 1.807) is 0 Å². The topological polar surface area (TPSA) is 20.3 Å². The molecule has 0 aromatic carbocycles. The maximum atomic E-state index is 11.5. The van der Waals surface area contributed by atoms with E-state index in [1.807, 2.05) is 4.90 Å². The standard InChI is InChI=1S/C11H18ClNOS/c12-6-10(14)13-4-3-11(8-13)2-1-9(5-11)7-15/h9,15H,1-8H2/t9-,11+/m0/s1. The van der Waals surface area contributed by atoms with Crippen molar-refractivity contribution in [2.75, 3.05) is 24.7 Å². The Labute approximate surface area is 102 Å². The van der Waals surface area contributed by atoms with Crippen molar-refractivity contribution in [3.63, 3.8) is 0 Å². The van der Waals surface area contributed by atoms with Crippen molar-refractivity contribution in [1.29, 1.82) is 0 Å². The highest BCUT2D eigenvalue weighted by Gasteiger charge is 2.44. The minimum absolute atomic E-state index is 0.0999. The van der Waals surface area contributed by atoms with E-state index in [0.717, 1.165) is 24.8 Å². The Kier molecular flexibility index (Phi) is 3.51. The second-order valence-corrected chi connectivity index (χ2v) is 5.62. The van der Waals surface area contributed by atoms with Crippen LogP contribution in [0.25, 0.3) is 0 Å². The molecule has 1 heterocycles. The van der Waals surface area contributed by atoms with Gasteiger partial charge in [0.15, 0.2) is 0 Å². The van der Waals surface area contributed by atoms with Crippen LogP contribution in [-0.2, 0) is 4.79 Å². The van der Waals surface area contributed by atoms with Crippen molar-refractivity contribution in [2.45, 2.75) is 25.7 Å². The van der Waals surface area contributed by atoms with Gasteiger partial charge in [-0.05, 0) is 42.8 Å². The largest absolute Gasteiger partial charge is 0.341 e. The van der Waals surface area contributed by atoms with Crippen LogP contribution in [0.4, 0.5) is 0 Å². The summed E-state index contributed by atoms with van der Waals surface area (Å²) in [5.41, 5.74) is 0.412. The molecule has 15 heavy (non-hydrogen) atoms. The molecule has 0 N–H and O–H groups in total. The van der Waals surface area contributed by atoms with Crippen LogP contribution in [0.1, 0.15) is 25.7 Å². The van der Waals surface area contributed by atoms with E-state index >= 15 is 0 Å². The average molecular weight is 248 g/mol. The Balaban J connectivity index is 1.94. The van der Waals surface area contributed by atoms with Gasteiger partial charge in [-0.3, -0.25) is 4.79 Å². The van der Waals surface area contributed by atoms with Gasteiger partial charge in [-0.15, -0.1) is 11.6 Å². The third kappa shape index (κ3) is 2.28. The number of carbonyl (C=O) groups excluding carboxylic acids is 1. The minimum Gasteiger partial charge on any atom is -0.341 e. The number of halogens is 1. The second kappa shape index (κ2) is 4.54. The number of amides is 1.